The zero-order valence-electron chi connectivity index (χ0n) is 11.6. The second-order valence-corrected chi connectivity index (χ2v) is 5.65. The summed E-state index contributed by atoms with van der Waals surface area (Å²) in [5.41, 5.74) is 7.67. The molecule has 1 aliphatic rings. The molecule has 100 valence electrons. The molecule has 0 heterocycles. The van der Waals surface area contributed by atoms with Gasteiger partial charge in [-0.2, -0.15) is 0 Å². The molecule has 0 aromatic heterocycles. The summed E-state index contributed by atoms with van der Waals surface area (Å²) < 4.78 is 5.77. The lowest BCUT2D eigenvalue weighted by molar-refractivity contribution is 0.242. The van der Waals surface area contributed by atoms with Crippen LogP contribution in [0.1, 0.15) is 57.4 Å². The second-order valence-electron chi connectivity index (χ2n) is 5.65. The van der Waals surface area contributed by atoms with Crippen LogP contribution >= 0.6 is 0 Å². The lowest BCUT2D eigenvalue weighted by Gasteiger charge is -2.22. The highest BCUT2D eigenvalue weighted by atomic mass is 16.5. The van der Waals surface area contributed by atoms with Gasteiger partial charge in [0.05, 0.1) is 6.10 Å². The summed E-state index contributed by atoms with van der Waals surface area (Å²) in [6.45, 7) is 4.12. The number of hydrogen-bond acceptors (Lipinski definition) is 2. The molecular weight excluding hydrogens is 222 g/mol. The molecule has 1 aromatic carbocycles. The predicted molar refractivity (Wildman–Crippen MR) is 76.0 cm³/mol. The summed E-state index contributed by atoms with van der Waals surface area (Å²) in [5, 5.41) is 0. The second kappa shape index (κ2) is 6.24. The first-order chi connectivity index (χ1) is 8.66. The van der Waals surface area contributed by atoms with Crippen LogP contribution in [0.25, 0.3) is 0 Å². The first-order valence-electron chi connectivity index (χ1n) is 7.19. The zero-order chi connectivity index (χ0) is 13.0. The Morgan fingerprint density at radius 1 is 1.17 bits per heavy atom. The summed E-state index contributed by atoms with van der Waals surface area (Å²) in [5.74, 6) is 1.47. The number of nitrogens with two attached hydrogens (primary N) is 1. The van der Waals surface area contributed by atoms with E-state index in [-0.39, 0.29) is 6.10 Å². The fraction of sp³-hybridized carbons (Fsp3) is 0.625. The summed E-state index contributed by atoms with van der Waals surface area (Å²) in [4.78, 5) is 0. The Hall–Kier alpha value is -1.02. The van der Waals surface area contributed by atoms with Gasteiger partial charge in [0, 0.05) is 6.04 Å². The molecule has 0 radical (unpaired) electrons. The third-order valence-electron chi connectivity index (χ3n) is 3.73. The van der Waals surface area contributed by atoms with E-state index in [2.05, 4.69) is 32.0 Å². The molecule has 0 bridgehead atoms. The van der Waals surface area contributed by atoms with Crippen LogP contribution in [-0.2, 0) is 0 Å². The van der Waals surface area contributed by atoms with Crippen LogP contribution in [-0.4, -0.2) is 12.1 Å². The minimum atomic E-state index is 0.225. The monoisotopic (exact) mass is 247 g/mol. The van der Waals surface area contributed by atoms with E-state index in [4.69, 9.17) is 10.5 Å². The summed E-state index contributed by atoms with van der Waals surface area (Å²) >= 11 is 0. The first kappa shape index (κ1) is 13.4. The Morgan fingerprint density at radius 2 is 1.94 bits per heavy atom. The molecule has 1 aliphatic carbocycles. The number of hydrogen-bond donors (Lipinski definition) is 1. The molecule has 0 aliphatic heterocycles. The lowest BCUT2D eigenvalue weighted by Crippen LogP contribution is -2.27. The maximum absolute atomic E-state index is 6.32. The number of benzene rings is 1. The van der Waals surface area contributed by atoms with E-state index >= 15 is 0 Å². The highest BCUT2D eigenvalue weighted by Gasteiger charge is 2.22. The van der Waals surface area contributed by atoms with Crippen molar-refractivity contribution in [2.75, 3.05) is 0 Å². The molecule has 1 saturated carbocycles. The van der Waals surface area contributed by atoms with Crippen LogP contribution in [0.2, 0.25) is 0 Å². The van der Waals surface area contributed by atoms with Gasteiger partial charge in [-0.1, -0.05) is 31.4 Å². The van der Waals surface area contributed by atoms with Crippen molar-refractivity contribution in [2.45, 2.75) is 64.0 Å². The Morgan fingerprint density at radius 3 is 2.72 bits per heavy atom. The van der Waals surface area contributed by atoms with Crippen LogP contribution in [0, 0.1) is 0 Å². The van der Waals surface area contributed by atoms with Gasteiger partial charge in [0.2, 0.25) is 0 Å². The lowest BCUT2D eigenvalue weighted by atomic mass is 9.88. The van der Waals surface area contributed by atoms with Crippen molar-refractivity contribution in [1.29, 1.82) is 0 Å². The van der Waals surface area contributed by atoms with Crippen LogP contribution in [0.5, 0.6) is 5.75 Å². The van der Waals surface area contributed by atoms with Crippen LogP contribution in [0.15, 0.2) is 24.3 Å². The third-order valence-corrected chi connectivity index (χ3v) is 3.73. The van der Waals surface area contributed by atoms with Crippen LogP contribution in [0.4, 0.5) is 0 Å². The van der Waals surface area contributed by atoms with E-state index in [1.54, 1.807) is 0 Å². The van der Waals surface area contributed by atoms with Gasteiger partial charge in [0.25, 0.3) is 0 Å². The molecule has 2 nitrogen and oxygen atoms in total. The van der Waals surface area contributed by atoms with E-state index in [1.807, 2.05) is 6.07 Å². The van der Waals surface area contributed by atoms with Gasteiger partial charge in [0.15, 0.2) is 0 Å². The molecule has 18 heavy (non-hydrogen) atoms. The van der Waals surface area contributed by atoms with Gasteiger partial charge in [-0.3, -0.25) is 0 Å². The molecule has 1 fully saturated rings. The number of rotatable bonds is 3. The Balaban J connectivity index is 2.15. The largest absolute Gasteiger partial charge is 0.491 e. The molecule has 1 aromatic rings. The van der Waals surface area contributed by atoms with Gasteiger partial charge in [-0.15, -0.1) is 0 Å². The highest BCUT2D eigenvalue weighted by Crippen LogP contribution is 2.32. The van der Waals surface area contributed by atoms with Crippen molar-refractivity contribution >= 4 is 0 Å². The average molecular weight is 247 g/mol. The summed E-state index contributed by atoms with van der Waals surface area (Å²) in [7, 11) is 0. The van der Waals surface area contributed by atoms with Crippen molar-refractivity contribution < 1.29 is 4.74 Å². The SMILES string of the molecule is CC(C)Oc1cccc(C2CCCCCC2N)c1. The first-order valence-corrected chi connectivity index (χ1v) is 7.19. The van der Waals surface area contributed by atoms with Gasteiger partial charge in [-0.05, 0) is 50.3 Å². The molecular formula is C16H25NO. The Bertz CT molecular complexity index is 375. The van der Waals surface area contributed by atoms with Crippen molar-refractivity contribution in [1.82, 2.24) is 0 Å². The summed E-state index contributed by atoms with van der Waals surface area (Å²) in [6.07, 6.45) is 6.49. The molecule has 2 atom stereocenters. The molecule has 2 heteroatoms. The molecule has 2 N–H and O–H groups in total. The summed E-state index contributed by atoms with van der Waals surface area (Å²) in [6, 6.07) is 8.80. The molecule has 2 unspecified atom stereocenters. The third kappa shape index (κ3) is 3.49. The fourth-order valence-corrected chi connectivity index (χ4v) is 2.84. The van der Waals surface area contributed by atoms with Crippen molar-refractivity contribution in [2.24, 2.45) is 5.73 Å². The zero-order valence-corrected chi connectivity index (χ0v) is 11.6. The molecule has 0 amide bonds. The van der Waals surface area contributed by atoms with E-state index in [1.165, 1.54) is 31.2 Å². The topological polar surface area (TPSA) is 35.2 Å². The maximum Gasteiger partial charge on any atom is 0.119 e. The Kier molecular flexibility index (Phi) is 4.65. The minimum absolute atomic E-state index is 0.225. The standard InChI is InChI=1S/C16H25NO/c1-12(2)18-14-8-6-7-13(11-14)15-9-4-3-5-10-16(15)17/h6-8,11-12,15-16H,3-5,9-10,17H2,1-2H3. The van der Waals surface area contributed by atoms with E-state index in [9.17, 15) is 0 Å². The van der Waals surface area contributed by atoms with Gasteiger partial charge in [-0.25, -0.2) is 0 Å². The highest BCUT2D eigenvalue weighted by molar-refractivity contribution is 5.32. The van der Waals surface area contributed by atoms with Crippen molar-refractivity contribution in [3.05, 3.63) is 29.8 Å². The van der Waals surface area contributed by atoms with E-state index in [0.717, 1.165) is 12.2 Å². The van der Waals surface area contributed by atoms with Crippen molar-refractivity contribution in [3.8, 4) is 5.75 Å². The van der Waals surface area contributed by atoms with Crippen molar-refractivity contribution in [3.63, 3.8) is 0 Å². The number of ether oxygens (including phenoxy) is 1. The molecule has 0 saturated heterocycles. The van der Waals surface area contributed by atoms with E-state index < -0.39 is 0 Å². The van der Waals surface area contributed by atoms with Crippen LogP contribution < -0.4 is 10.5 Å². The van der Waals surface area contributed by atoms with Crippen LogP contribution in [0.3, 0.4) is 0 Å². The normalized spacial score (nSPS) is 24.9. The van der Waals surface area contributed by atoms with E-state index in [0.29, 0.717) is 12.0 Å². The fourth-order valence-electron chi connectivity index (χ4n) is 2.84. The quantitative estimate of drug-likeness (QED) is 0.823. The van der Waals surface area contributed by atoms with Gasteiger partial charge >= 0.3 is 0 Å². The molecule has 0 spiro atoms. The van der Waals surface area contributed by atoms with Gasteiger partial charge < -0.3 is 10.5 Å². The maximum atomic E-state index is 6.32. The smallest absolute Gasteiger partial charge is 0.119 e. The Labute approximate surface area is 111 Å². The predicted octanol–water partition coefficient (Wildman–Crippen LogP) is 3.85. The van der Waals surface area contributed by atoms with Gasteiger partial charge in [0.1, 0.15) is 5.75 Å². The minimum Gasteiger partial charge on any atom is -0.491 e. The molecule has 2 rings (SSSR count). The average Bonchev–Trinajstić information content (AvgIpc) is 2.53.